The SMILES string of the molecule is CCC1NC(=O)[C@@H](NC=O)C[C@@H](O)CNC(=O)C2[C@@H](O)CCN2C(=O)C(CCCN)NC(=O)C(CCc2ccc(O)cc2)NC(=O)C2C[C@@H](O)CN2C1=O. The number of nitrogens with one attached hydrogen (secondary N) is 5. The van der Waals surface area contributed by atoms with Gasteiger partial charge in [0.25, 0.3) is 0 Å². The first-order valence-electron chi connectivity index (χ1n) is 18.3. The van der Waals surface area contributed by atoms with Crippen LogP contribution in [-0.4, -0.2) is 153 Å². The summed E-state index contributed by atoms with van der Waals surface area (Å²) >= 11 is 0. The van der Waals surface area contributed by atoms with Crippen LogP contribution in [0.4, 0.5) is 0 Å². The van der Waals surface area contributed by atoms with Crippen molar-refractivity contribution >= 4 is 41.9 Å². The number of aliphatic hydroxyl groups excluding tert-OH is 3. The Kier molecular flexibility index (Phi) is 15.1. The van der Waals surface area contributed by atoms with E-state index in [4.69, 9.17) is 5.73 Å². The van der Waals surface area contributed by atoms with Crippen LogP contribution in [0.3, 0.4) is 0 Å². The van der Waals surface area contributed by atoms with E-state index in [1.165, 1.54) is 12.1 Å². The summed E-state index contributed by atoms with van der Waals surface area (Å²) in [6.45, 7) is 1.05. The molecule has 0 bridgehead atoms. The Morgan fingerprint density at radius 1 is 0.833 bits per heavy atom. The molecule has 0 aromatic heterocycles. The Balaban J connectivity index is 1.71. The second-order valence-electron chi connectivity index (χ2n) is 13.9. The van der Waals surface area contributed by atoms with Crippen molar-refractivity contribution in [3.8, 4) is 5.75 Å². The summed E-state index contributed by atoms with van der Waals surface area (Å²) in [7, 11) is 0. The maximum absolute atomic E-state index is 14.0. The molecule has 54 heavy (non-hydrogen) atoms. The monoisotopic (exact) mass is 760 g/mol. The molecule has 1 aromatic carbocycles. The lowest BCUT2D eigenvalue weighted by molar-refractivity contribution is -0.144. The largest absolute Gasteiger partial charge is 0.508 e. The van der Waals surface area contributed by atoms with Crippen LogP contribution in [-0.2, 0) is 40.0 Å². The molecule has 7 amide bonds. The van der Waals surface area contributed by atoms with Crippen LogP contribution in [0.2, 0.25) is 0 Å². The predicted octanol–water partition coefficient (Wildman–Crippen LogP) is -4.15. The highest BCUT2D eigenvalue weighted by atomic mass is 16.3. The van der Waals surface area contributed by atoms with Crippen molar-refractivity contribution in [2.45, 2.75) is 113 Å². The molecule has 3 fully saturated rings. The van der Waals surface area contributed by atoms with E-state index in [2.05, 4.69) is 26.6 Å². The van der Waals surface area contributed by atoms with Gasteiger partial charge in [-0.1, -0.05) is 19.1 Å². The zero-order chi connectivity index (χ0) is 39.5. The van der Waals surface area contributed by atoms with Crippen LogP contribution in [0, 0.1) is 0 Å². The highest BCUT2D eigenvalue weighted by molar-refractivity contribution is 5.97. The molecular formula is C35H52N8O11. The van der Waals surface area contributed by atoms with E-state index in [0.29, 0.717) is 6.42 Å². The summed E-state index contributed by atoms with van der Waals surface area (Å²) in [5.41, 5.74) is 6.47. The minimum absolute atomic E-state index is 0.0118. The molecule has 3 saturated heterocycles. The third kappa shape index (κ3) is 10.6. The number of β-amino-alcohol motifs (C(OH)–C–C–N with tert-alkyl or cyclic N) is 1. The van der Waals surface area contributed by atoms with Gasteiger partial charge in [0.1, 0.15) is 42.0 Å². The van der Waals surface area contributed by atoms with Crippen molar-refractivity contribution in [1.82, 2.24) is 36.4 Å². The van der Waals surface area contributed by atoms with Crippen molar-refractivity contribution in [2.24, 2.45) is 5.73 Å². The fourth-order valence-electron chi connectivity index (χ4n) is 7.03. The molecule has 0 saturated carbocycles. The molecule has 5 unspecified atom stereocenters. The van der Waals surface area contributed by atoms with Crippen LogP contribution in [0.1, 0.15) is 57.4 Å². The van der Waals surface area contributed by atoms with Crippen LogP contribution in [0.25, 0.3) is 0 Å². The molecule has 0 radical (unpaired) electrons. The molecule has 298 valence electrons. The molecule has 19 nitrogen and oxygen atoms in total. The summed E-state index contributed by atoms with van der Waals surface area (Å²) in [5.74, 6) is -4.52. The summed E-state index contributed by atoms with van der Waals surface area (Å²) in [4.78, 5) is 96.2. The first-order chi connectivity index (χ1) is 25.8. The molecule has 19 heteroatoms. The highest BCUT2D eigenvalue weighted by Gasteiger charge is 2.45. The van der Waals surface area contributed by atoms with Crippen LogP contribution >= 0.6 is 0 Å². The quantitative estimate of drug-likeness (QED) is 0.107. The Bertz CT molecular complexity index is 1510. The van der Waals surface area contributed by atoms with Crippen molar-refractivity contribution in [3.05, 3.63) is 29.8 Å². The van der Waals surface area contributed by atoms with Gasteiger partial charge in [-0.05, 0) is 62.8 Å². The summed E-state index contributed by atoms with van der Waals surface area (Å²) < 4.78 is 0. The van der Waals surface area contributed by atoms with Crippen molar-refractivity contribution < 1.29 is 54.0 Å². The molecule has 0 aliphatic carbocycles. The topological polar surface area (TPSA) is 293 Å². The summed E-state index contributed by atoms with van der Waals surface area (Å²) in [6.07, 6.45) is -3.42. The van der Waals surface area contributed by atoms with E-state index >= 15 is 0 Å². The van der Waals surface area contributed by atoms with Crippen molar-refractivity contribution in [1.29, 1.82) is 0 Å². The van der Waals surface area contributed by atoms with Gasteiger partial charge in [-0.15, -0.1) is 0 Å². The lowest BCUT2D eigenvalue weighted by atomic mass is 10.0. The number of hydrogen-bond donors (Lipinski definition) is 10. The number of aromatic hydroxyl groups is 1. The van der Waals surface area contributed by atoms with Gasteiger partial charge in [0, 0.05) is 32.5 Å². The van der Waals surface area contributed by atoms with E-state index in [1.54, 1.807) is 19.1 Å². The lowest BCUT2D eigenvalue weighted by Crippen LogP contribution is -2.59. The average molecular weight is 761 g/mol. The maximum atomic E-state index is 14.0. The number of rotatable bonds is 9. The van der Waals surface area contributed by atoms with E-state index in [-0.39, 0.29) is 70.3 Å². The van der Waals surface area contributed by atoms with E-state index < -0.39 is 103 Å². The molecule has 9 atom stereocenters. The molecule has 4 rings (SSSR count). The second kappa shape index (κ2) is 19.5. The minimum Gasteiger partial charge on any atom is -0.508 e. The number of hydrogen-bond acceptors (Lipinski definition) is 12. The van der Waals surface area contributed by atoms with Crippen LogP contribution in [0.15, 0.2) is 24.3 Å². The lowest BCUT2D eigenvalue weighted by Gasteiger charge is -2.31. The Morgan fingerprint density at radius 2 is 1.50 bits per heavy atom. The maximum Gasteiger partial charge on any atom is 0.245 e. The van der Waals surface area contributed by atoms with Gasteiger partial charge in [-0.25, -0.2) is 0 Å². The number of phenolic OH excluding ortho intramolecular Hbond substituents is 1. The van der Waals surface area contributed by atoms with Gasteiger partial charge in [-0.3, -0.25) is 33.6 Å². The predicted molar refractivity (Wildman–Crippen MR) is 190 cm³/mol. The number of amides is 7. The van der Waals surface area contributed by atoms with Crippen LogP contribution in [0.5, 0.6) is 5.75 Å². The van der Waals surface area contributed by atoms with Crippen molar-refractivity contribution in [3.63, 3.8) is 0 Å². The first kappa shape index (κ1) is 41.9. The fourth-order valence-corrected chi connectivity index (χ4v) is 7.03. The number of benzene rings is 1. The fraction of sp³-hybridized carbons (Fsp3) is 0.629. The smallest absolute Gasteiger partial charge is 0.245 e. The number of carbonyl (C=O) groups excluding carboxylic acids is 7. The van der Waals surface area contributed by atoms with Gasteiger partial charge < -0.3 is 62.5 Å². The number of aliphatic hydroxyl groups is 3. The Morgan fingerprint density at radius 3 is 2.17 bits per heavy atom. The average Bonchev–Trinajstić information content (AvgIpc) is 3.74. The highest BCUT2D eigenvalue weighted by Crippen LogP contribution is 2.23. The molecule has 1 aromatic rings. The van der Waals surface area contributed by atoms with Gasteiger partial charge >= 0.3 is 0 Å². The number of phenols is 1. The number of fused-ring (bicyclic) bond motifs is 2. The van der Waals surface area contributed by atoms with Gasteiger partial charge in [0.05, 0.1) is 18.3 Å². The third-order valence-corrected chi connectivity index (χ3v) is 10.0. The van der Waals surface area contributed by atoms with Gasteiger partial charge in [0.15, 0.2) is 0 Å². The molecule has 3 aliphatic rings. The second-order valence-corrected chi connectivity index (χ2v) is 13.9. The minimum atomic E-state index is -1.40. The number of nitrogens with zero attached hydrogens (tertiary/aromatic N) is 2. The Hall–Kier alpha value is -4.85. The van der Waals surface area contributed by atoms with Gasteiger partial charge in [0.2, 0.25) is 41.9 Å². The molecule has 11 N–H and O–H groups in total. The standard InChI is InChI=1S/C35H52N8O11/c1-2-23-34(53)43-17-22(47)15-27(43)32(51)40-24(10-7-19-5-8-20(45)9-6-19)30(49)41-25(4-3-12-36)35(54)42-13-11-28(48)29(42)33(52)37-16-21(46)14-26(38-18-44)31(50)39-23/h5-6,8-9,18,21-29,45-48H,2-4,7,10-17,36H2,1H3,(H,37,52)(H,38,44)(H,39,50)(H,40,51)(H,41,49)/t21-,22-,23?,24?,25?,26+,27?,28+,29?/m1/s1. The molecule has 3 aliphatic heterocycles. The molecule has 3 heterocycles. The van der Waals surface area contributed by atoms with E-state index in [1.807, 2.05) is 0 Å². The van der Waals surface area contributed by atoms with E-state index in [0.717, 1.165) is 15.4 Å². The zero-order valence-electron chi connectivity index (χ0n) is 30.2. The van der Waals surface area contributed by atoms with Gasteiger partial charge in [-0.2, -0.15) is 0 Å². The summed E-state index contributed by atoms with van der Waals surface area (Å²) in [6, 6.07) is -1.48. The molecule has 0 spiro atoms. The molecular weight excluding hydrogens is 708 g/mol. The van der Waals surface area contributed by atoms with Crippen molar-refractivity contribution in [2.75, 3.05) is 26.2 Å². The number of aryl methyl sites for hydroxylation is 1. The van der Waals surface area contributed by atoms with Crippen LogP contribution < -0.4 is 32.3 Å². The summed E-state index contributed by atoms with van der Waals surface area (Å²) in [5, 5.41) is 54.6. The third-order valence-electron chi connectivity index (χ3n) is 10.0. The van der Waals surface area contributed by atoms with E-state index in [9.17, 15) is 54.0 Å². The number of nitrogens with two attached hydrogens (primary N) is 1. The first-order valence-corrected chi connectivity index (χ1v) is 18.3. The Labute approximate surface area is 312 Å². The number of carbonyl (C=O) groups is 7. The zero-order valence-corrected chi connectivity index (χ0v) is 30.2. The normalized spacial score (nSPS) is 30.6.